The number of nitrogens with two attached hydrogens (primary N) is 1. The van der Waals surface area contributed by atoms with Gasteiger partial charge in [0, 0.05) is 23.2 Å². The SMILES string of the molecule is Cc1c(NC(=O)C2CCCC(N)C2)cccc1OCC(F)(F)F.Cl. The molecular formula is C16H22ClF3N2O2. The van der Waals surface area contributed by atoms with E-state index in [2.05, 4.69) is 5.32 Å². The first-order chi connectivity index (χ1) is 10.8. The molecule has 0 saturated heterocycles. The van der Waals surface area contributed by atoms with Crippen molar-refractivity contribution in [3.8, 4) is 5.75 Å². The molecule has 4 nitrogen and oxygen atoms in total. The van der Waals surface area contributed by atoms with E-state index < -0.39 is 12.8 Å². The van der Waals surface area contributed by atoms with Gasteiger partial charge in [-0.15, -0.1) is 12.4 Å². The molecule has 0 radical (unpaired) electrons. The summed E-state index contributed by atoms with van der Waals surface area (Å²) in [5.74, 6) is -0.186. The van der Waals surface area contributed by atoms with E-state index in [1.165, 1.54) is 6.07 Å². The summed E-state index contributed by atoms with van der Waals surface area (Å²) in [6.45, 7) is 0.261. The van der Waals surface area contributed by atoms with E-state index in [9.17, 15) is 18.0 Å². The second-order valence-electron chi connectivity index (χ2n) is 5.95. The summed E-state index contributed by atoms with van der Waals surface area (Å²) in [4.78, 5) is 12.3. The van der Waals surface area contributed by atoms with Crippen molar-refractivity contribution in [1.82, 2.24) is 0 Å². The molecule has 136 valence electrons. The van der Waals surface area contributed by atoms with E-state index in [1.54, 1.807) is 19.1 Å². The summed E-state index contributed by atoms with van der Waals surface area (Å²) in [6.07, 6.45) is -1.15. The third kappa shape index (κ3) is 5.87. The van der Waals surface area contributed by atoms with Crippen molar-refractivity contribution in [3.63, 3.8) is 0 Å². The van der Waals surface area contributed by atoms with Crippen LogP contribution >= 0.6 is 12.4 Å². The number of rotatable bonds is 4. The Hall–Kier alpha value is -1.47. The van der Waals surface area contributed by atoms with Crippen molar-refractivity contribution in [3.05, 3.63) is 23.8 Å². The molecule has 3 N–H and O–H groups in total. The summed E-state index contributed by atoms with van der Waals surface area (Å²) in [5.41, 5.74) is 6.83. The molecule has 0 bridgehead atoms. The van der Waals surface area contributed by atoms with Crippen molar-refractivity contribution >= 4 is 24.0 Å². The molecule has 24 heavy (non-hydrogen) atoms. The van der Waals surface area contributed by atoms with Gasteiger partial charge in [0.15, 0.2) is 6.61 Å². The molecule has 2 atom stereocenters. The Labute approximate surface area is 145 Å². The van der Waals surface area contributed by atoms with Crippen LogP contribution in [0.4, 0.5) is 18.9 Å². The predicted molar refractivity (Wildman–Crippen MR) is 88.5 cm³/mol. The van der Waals surface area contributed by atoms with Gasteiger partial charge in [0.2, 0.25) is 5.91 Å². The highest BCUT2D eigenvalue weighted by Gasteiger charge is 2.29. The van der Waals surface area contributed by atoms with Crippen molar-refractivity contribution in [1.29, 1.82) is 0 Å². The fraction of sp³-hybridized carbons (Fsp3) is 0.562. The second-order valence-corrected chi connectivity index (χ2v) is 5.95. The molecule has 2 unspecified atom stereocenters. The number of carbonyl (C=O) groups is 1. The van der Waals surface area contributed by atoms with Gasteiger partial charge in [-0.2, -0.15) is 13.2 Å². The molecule has 1 aromatic carbocycles. The maximum Gasteiger partial charge on any atom is 0.422 e. The van der Waals surface area contributed by atoms with Crippen LogP contribution in [0.2, 0.25) is 0 Å². The van der Waals surface area contributed by atoms with E-state index in [4.69, 9.17) is 10.5 Å². The fourth-order valence-electron chi connectivity index (χ4n) is 2.77. The highest BCUT2D eigenvalue weighted by Crippen LogP contribution is 2.29. The number of hydrogen-bond acceptors (Lipinski definition) is 3. The standard InChI is InChI=1S/C16H21F3N2O2.ClH/c1-10-13(6-3-7-14(10)23-9-16(17,18)19)21-15(22)11-4-2-5-12(20)8-11;/h3,6-7,11-12H,2,4-5,8-9,20H2,1H3,(H,21,22);1H. The zero-order chi connectivity index (χ0) is 17.0. The lowest BCUT2D eigenvalue weighted by molar-refractivity contribution is -0.153. The molecule has 1 fully saturated rings. The van der Waals surface area contributed by atoms with Crippen molar-refractivity contribution in [2.45, 2.75) is 44.8 Å². The van der Waals surface area contributed by atoms with Crippen molar-refractivity contribution in [2.75, 3.05) is 11.9 Å². The number of anilines is 1. The maximum atomic E-state index is 12.3. The summed E-state index contributed by atoms with van der Waals surface area (Å²) in [5, 5.41) is 2.78. The molecule has 0 aromatic heterocycles. The van der Waals surface area contributed by atoms with Gasteiger partial charge < -0.3 is 15.8 Å². The molecule has 1 amide bonds. The minimum atomic E-state index is -4.40. The number of amides is 1. The second kappa shape index (κ2) is 8.58. The average Bonchev–Trinajstić information content (AvgIpc) is 2.47. The fourth-order valence-corrected chi connectivity index (χ4v) is 2.77. The van der Waals surface area contributed by atoms with Crippen LogP contribution in [0.5, 0.6) is 5.75 Å². The molecule has 1 aliphatic carbocycles. The summed E-state index contributed by atoms with van der Waals surface area (Å²) < 4.78 is 41.6. The van der Waals surface area contributed by atoms with E-state index in [0.717, 1.165) is 19.3 Å². The van der Waals surface area contributed by atoms with E-state index >= 15 is 0 Å². The van der Waals surface area contributed by atoms with Gasteiger partial charge in [-0.1, -0.05) is 12.5 Å². The van der Waals surface area contributed by atoms with Gasteiger partial charge in [-0.25, -0.2) is 0 Å². The quantitative estimate of drug-likeness (QED) is 0.851. The number of nitrogens with one attached hydrogen (secondary N) is 1. The minimum Gasteiger partial charge on any atom is -0.484 e. The average molecular weight is 367 g/mol. The topological polar surface area (TPSA) is 64.4 Å². The number of halogens is 4. The van der Waals surface area contributed by atoms with Gasteiger partial charge in [-0.3, -0.25) is 4.79 Å². The summed E-state index contributed by atoms with van der Waals surface area (Å²) in [6, 6.07) is 4.69. The lowest BCUT2D eigenvalue weighted by atomic mass is 9.85. The number of benzene rings is 1. The summed E-state index contributed by atoms with van der Waals surface area (Å²) in [7, 11) is 0. The van der Waals surface area contributed by atoms with Crippen LogP contribution < -0.4 is 15.8 Å². The summed E-state index contributed by atoms with van der Waals surface area (Å²) >= 11 is 0. The number of alkyl halides is 3. The normalized spacial score (nSPS) is 20.9. The molecule has 8 heteroatoms. The van der Waals surface area contributed by atoms with Gasteiger partial charge in [0.1, 0.15) is 5.75 Å². The first-order valence-corrected chi connectivity index (χ1v) is 7.62. The Kier molecular flexibility index (Phi) is 7.35. The molecular weight excluding hydrogens is 345 g/mol. The molecule has 1 saturated carbocycles. The van der Waals surface area contributed by atoms with Gasteiger partial charge in [-0.05, 0) is 38.3 Å². The van der Waals surface area contributed by atoms with Crippen LogP contribution in [0.1, 0.15) is 31.2 Å². The van der Waals surface area contributed by atoms with E-state index in [-0.39, 0.29) is 36.0 Å². The number of ether oxygens (including phenoxy) is 1. The third-order valence-electron chi connectivity index (χ3n) is 4.02. The van der Waals surface area contributed by atoms with Crippen LogP contribution in [-0.2, 0) is 4.79 Å². The Morgan fingerprint density at radius 3 is 2.71 bits per heavy atom. The Balaban J connectivity index is 0.00000288. The third-order valence-corrected chi connectivity index (χ3v) is 4.02. The minimum absolute atomic E-state index is 0. The molecule has 2 rings (SSSR count). The van der Waals surface area contributed by atoms with Gasteiger partial charge in [0.25, 0.3) is 0 Å². The molecule has 1 aliphatic rings. The zero-order valence-corrected chi connectivity index (χ0v) is 14.2. The highest BCUT2D eigenvalue weighted by molar-refractivity contribution is 5.93. The van der Waals surface area contributed by atoms with Crippen LogP contribution in [0.15, 0.2) is 18.2 Å². The van der Waals surface area contributed by atoms with Crippen LogP contribution in [0.25, 0.3) is 0 Å². The Bertz CT molecular complexity index is 567. The smallest absolute Gasteiger partial charge is 0.422 e. The van der Waals surface area contributed by atoms with Crippen LogP contribution in [0, 0.1) is 12.8 Å². The Morgan fingerprint density at radius 1 is 1.38 bits per heavy atom. The van der Waals surface area contributed by atoms with Crippen LogP contribution in [0.3, 0.4) is 0 Å². The molecule has 0 heterocycles. The zero-order valence-electron chi connectivity index (χ0n) is 13.4. The van der Waals surface area contributed by atoms with E-state index in [0.29, 0.717) is 17.7 Å². The lowest BCUT2D eigenvalue weighted by Gasteiger charge is -2.26. The first-order valence-electron chi connectivity index (χ1n) is 7.62. The van der Waals surface area contributed by atoms with Crippen molar-refractivity contribution in [2.24, 2.45) is 11.7 Å². The largest absolute Gasteiger partial charge is 0.484 e. The van der Waals surface area contributed by atoms with Crippen molar-refractivity contribution < 1.29 is 22.7 Å². The van der Waals surface area contributed by atoms with Gasteiger partial charge >= 0.3 is 6.18 Å². The Morgan fingerprint density at radius 2 is 2.08 bits per heavy atom. The monoisotopic (exact) mass is 366 g/mol. The number of hydrogen-bond donors (Lipinski definition) is 2. The lowest BCUT2D eigenvalue weighted by Crippen LogP contribution is -2.34. The first kappa shape index (κ1) is 20.6. The van der Waals surface area contributed by atoms with E-state index in [1.807, 2.05) is 0 Å². The molecule has 0 spiro atoms. The maximum absolute atomic E-state index is 12.3. The highest BCUT2D eigenvalue weighted by atomic mass is 35.5. The molecule has 1 aromatic rings. The van der Waals surface area contributed by atoms with Crippen LogP contribution in [-0.4, -0.2) is 24.7 Å². The molecule has 0 aliphatic heterocycles. The van der Waals surface area contributed by atoms with Gasteiger partial charge in [0.05, 0.1) is 0 Å². The predicted octanol–water partition coefficient (Wildman–Crippen LogP) is 3.81. The number of carbonyl (C=O) groups excluding carboxylic acids is 1.